The molecule has 7 nitrogen and oxygen atoms in total. The second kappa shape index (κ2) is 9.49. The Morgan fingerprint density at radius 3 is 2.56 bits per heavy atom. The fourth-order valence-electron chi connectivity index (χ4n) is 6.87. The van der Waals surface area contributed by atoms with Gasteiger partial charge in [-0.15, -0.1) is 28.1 Å². The van der Waals surface area contributed by atoms with E-state index in [-0.39, 0.29) is 11.7 Å². The minimum atomic E-state index is -0.452. The molecule has 1 amide bonds. The Labute approximate surface area is 208 Å². The predicted molar refractivity (Wildman–Crippen MR) is 134 cm³/mol. The Balaban J connectivity index is 1.26. The number of thioether (sulfide) groups is 1. The molecule has 0 saturated heterocycles. The average molecular weight is 501 g/mol. The van der Waals surface area contributed by atoms with Crippen LogP contribution >= 0.6 is 23.1 Å². The largest absolute Gasteiger partial charge is 0.465 e. The number of hydrogen-bond donors (Lipinski definition) is 1. The van der Waals surface area contributed by atoms with Crippen molar-refractivity contribution in [2.75, 3.05) is 18.2 Å². The highest BCUT2D eigenvalue weighted by Crippen LogP contribution is 2.61. The Morgan fingerprint density at radius 1 is 1.26 bits per heavy atom. The van der Waals surface area contributed by atoms with Crippen molar-refractivity contribution in [1.82, 2.24) is 14.8 Å². The quantitative estimate of drug-likeness (QED) is 0.293. The highest BCUT2D eigenvalue weighted by Gasteiger charge is 2.51. The van der Waals surface area contributed by atoms with Gasteiger partial charge in [-0.25, -0.2) is 4.79 Å². The van der Waals surface area contributed by atoms with Gasteiger partial charge in [-0.2, -0.15) is 0 Å². The summed E-state index contributed by atoms with van der Waals surface area (Å²) in [6, 6.07) is 1.73. The summed E-state index contributed by atoms with van der Waals surface area (Å²) in [6.07, 6.45) is 11.1. The zero-order chi connectivity index (χ0) is 23.9. The van der Waals surface area contributed by atoms with E-state index < -0.39 is 5.97 Å². The fraction of sp³-hybridized carbons (Fsp3) is 0.600. The summed E-state index contributed by atoms with van der Waals surface area (Å²) in [5.74, 6) is 3.26. The first-order valence-corrected chi connectivity index (χ1v) is 13.8. The van der Waals surface area contributed by atoms with Crippen LogP contribution in [0.25, 0.3) is 0 Å². The summed E-state index contributed by atoms with van der Waals surface area (Å²) in [5, 5.41) is 13.1. The van der Waals surface area contributed by atoms with E-state index in [1.807, 2.05) is 13.0 Å². The number of hydrogen-bond acceptors (Lipinski definition) is 7. The van der Waals surface area contributed by atoms with Gasteiger partial charge < -0.3 is 14.6 Å². The summed E-state index contributed by atoms with van der Waals surface area (Å²) in [6.45, 7) is 6.45. The van der Waals surface area contributed by atoms with Gasteiger partial charge in [0.15, 0.2) is 5.16 Å². The molecule has 2 heterocycles. The van der Waals surface area contributed by atoms with Crippen LogP contribution in [0.3, 0.4) is 0 Å². The maximum atomic E-state index is 12.7. The third-order valence-corrected chi connectivity index (χ3v) is 9.58. The molecule has 0 aromatic carbocycles. The predicted octanol–water partition coefficient (Wildman–Crippen LogP) is 5.11. The van der Waals surface area contributed by atoms with Crippen molar-refractivity contribution in [3.63, 3.8) is 0 Å². The lowest BCUT2D eigenvalue weighted by molar-refractivity contribution is -0.113. The minimum Gasteiger partial charge on any atom is -0.465 e. The van der Waals surface area contributed by atoms with Gasteiger partial charge in [0.2, 0.25) is 5.91 Å². The lowest BCUT2D eigenvalue weighted by atomic mass is 9.49. The summed E-state index contributed by atoms with van der Waals surface area (Å²) in [4.78, 5) is 25.6. The molecule has 0 radical (unpaired) electrons. The smallest absolute Gasteiger partial charge is 0.340 e. The number of thiophene rings is 1. The van der Waals surface area contributed by atoms with Crippen LogP contribution in [-0.2, 0) is 22.5 Å². The van der Waals surface area contributed by atoms with Gasteiger partial charge in [0, 0.05) is 17.8 Å². The highest BCUT2D eigenvalue weighted by molar-refractivity contribution is 7.99. The Morgan fingerprint density at radius 2 is 1.94 bits per heavy atom. The van der Waals surface area contributed by atoms with E-state index >= 15 is 0 Å². The molecule has 0 unspecified atom stereocenters. The molecular formula is C25H32N4O3S2. The number of nitrogens with one attached hydrogen (secondary N) is 1. The van der Waals surface area contributed by atoms with Crippen LogP contribution < -0.4 is 5.32 Å². The lowest BCUT2D eigenvalue weighted by Crippen LogP contribution is -2.47. The van der Waals surface area contributed by atoms with E-state index in [9.17, 15) is 9.59 Å². The van der Waals surface area contributed by atoms with E-state index in [0.717, 1.165) is 40.0 Å². The first kappa shape index (κ1) is 23.6. The normalized spacial score (nSPS) is 27.1. The van der Waals surface area contributed by atoms with Gasteiger partial charge in [0.05, 0.1) is 18.4 Å². The van der Waals surface area contributed by atoms with Crippen LogP contribution in [0.1, 0.15) is 59.6 Å². The molecule has 34 heavy (non-hydrogen) atoms. The first-order chi connectivity index (χ1) is 16.4. The number of ether oxygens (including phenoxy) is 1. The van der Waals surface area contributed by atoms with E-state index in [0.29, 0.717) is 22.5 Å². The number of methoxy groups -OCH3 is 1. The van der Waals surface area contributed by atoms with Gasteiger partial charge in [-0.3, -0.25) is 4.79 Å². The van der Waals surface area contributed by atoms with E-state index in [2.05, 4.69) is 26.7 Å². The topological polar surface area (TPSA) is 86.1 Å². The van der Waals surface area contributed by atoms with Crippen LogP contribution in [0.2, 0.25) is 0 Å². The third kappa shape index (κ3) is 4.69. The summed E-state index contributed by atoms with van der Waals surface area (Å²) in [7, 11) is 1.34. The second-order valence-corrected chi connectivity index (χ2v) is 12.5. The molecule has 4 bridgehead atoms. The van der Waals surface area contributed by atoms with Gasteiger partial charge in [-0.05, 0) is 74.7 Å². The molecule has 4 aliphatic carbocycles. The molecule has 4 saturated carbocycles. The summed E-state index contributed by atoms with van der Waals surface area (Å²) < 4.78 is 6.95. The van der Waals surface area contributed by atoms with Gasteiger partial charge in [0.25, 0.3) is 0 Å². The summed E-state index contributed by atoms with van der Waals surface area (Å²) >= 11 is 2.74. The van der Waals surface area contributed by atoms with Crippen molar-refractivity contribution in [3.05, 3.63) is 35.0 Å². The van der Waals surface area contributed by atoms with Gasteiger partial charge in [0.1, 0.15) is 10.8 Å². The molecule has 2 aromatic rings. The van der Waals surface area contributed by atoms with E-state index in [4.69, 9.17) is 4.74 Å². The van der Waals surface area contributed by atoms with E-state index in [1.165, 1.54) is 68.7 Å². The molecule has 4 aliphatic rings. The lowest BCUT2D eigenvalue weighted by Gasteiger charge is -2.56. The highest BCUT2D eigenvalue weighted by atomic mass is 32.2. The van der Waals surface area contributed by atoms with Crippen LogP contribution in [-0.4, -0.2) is 39.5 Å². The first-order valence-electron chi connectivity index (χ1n) is 12.0. The van der Waals surface area contributed by atoms with Gasteiger partial charge >= 0.3 is 5.97 Å². The van der Waals surface area contributed by atoms with E-state index in [1.54, 1.807) is 6.07 Å². The average Bonchev–Trinajstić information content (AvgIpc) is 3.33. The Bertz CT molecular complexity index is 1070. The molecule has 0 atom stereocenters. The van der Waals surface area contributed by atoms with Crippen molar-refractivity contribution in [2.45, 2.75) is 63.6 Å². The number of aryl methyl sites for hydroxylation is 1. The molecular weight excluding hydrogens is 468 g/mol. The Hall–Kier alpha value is -2.13. The fourth-order valence-corrected chi connectivity index (χ4v) is 8.55. The number of anilines is 1. The minimum absolute atomic E-state index is 0.185. The number of carbonyl (C=O) groups excluding carboxylic acids is 2. The maximum absolute atomic E-state index is 12.7. The second-order valence-electron chi connectivity index (χ2n) is 10.3. The number of carbonyl (C=O) groups is 2. The van der Waals surface area contributed by atoms with Crippen LogP contribution in [0.5, 0.6) is 0 Å². The number of esters is 1. The molecule has 4 fully saturated rings. The molecule has 2 aromatic heterocycles. The molecule has 182 valence electrons. The number of amides is 1. The molecule has 0 spiro atoms. The van der Waals surface area contributed by atoms with Crippen molar-refractivity contribution in [3.8, 4) is 0 Å². The van der Waals surface area contributed by atoms with Crippen molar-refractivity contribution in [1.29, 1.82) is 0 Å². The molecule has 6 rings (SSSR count). The standard InChI is InChI=1S/C25H32N4O3S2/c1-4-5-29-20(13-25-10-16-7-17(11-25)9-18(8-16)12-25)27-28-24(29)33-14-21(30)26-22-19(23(31)32-3)6-15(2)34-22/h4,6,16-18H,1,5,7-14H2,2-3H3,(H,26,30). The molecule has 0 aliphatic heterocycles. The molecule has 1 N–H and O–H groups in total. The molecule has 9 heteroatoms. The van der Waals surface area contributed by atoms with Crippen molar-refractivity contribution >= 4 is 40.0 Å². The van der Waals surface area contributed by atoms with Crippen LogP contribution in [0, 0.1) is 30.1 Å². The zero-order valence-corrected chi connectivity index (χ0v) is 21.5. The maximum Gasteiger partial charge on any atom is 0.340 e. The SMILES string of the molecule is C=CCn1c(CC23CC4CC(CC(C4)C2)C3)nnc1SCC(=O)Nc1sc(C)cc1C(=O)OC. The third-order valence-electron chi connectivity index (χ3n) is 7.65. The number of aromatic nitrogens is 3. The Kier molecular flexibility index (Phi) is 6.59. The monoisotopic (exact) mass is 500 g/mol. The number of rotatable bonds is 9. The number of nitrogens with zero attached hydrogens (tertiary/aromatic N) is 3. The van der Waals surface area contributed by atoms with Crippen molar-refractivity contribution in [2.24, 2.45) is 23.2 Å². The van der Waals surface area contributed by atoms with Crippen LogP contribution in [0.4, 0.5) is 5.00 Å². The van der Waals surface area contributed by atoms with Crippen molar-refractivity contribution < 1.29 is 14.3 Å². The zero-order valence-electron chi connectivity index (χ0n) is 19.8. The summed E-state index contributed by atoms with van der Waals surface area (Å²) in [5.41, 5.74) is 0.762. The number of allylic oxidation sites excluding steroid dienone is 1. The van der Waals surface area contributed by atoms with Crippen LogP contribution in [0.15, 0.2) is 23.9 Å². The van der Waals surface area contributed by atoms with Gasteiger partial charge in [-0.1, -0.05) is 17.8 Å².